The molecule has 5 nitrogen and oxygen atoms in total. The lowest BCUT2D eigenvalue weighted by atomic mass is 10.1. The summed E-state index contributed by atoms with van der Waals surface area (Å²) in [6.45, 7) is 3.11. The highest BCUT2D eigenvalue weighted by Gasteiger charge is 2.24. The van der Waals surface area contributed by atoms with Crippen LogP contribution in [0.4, 0.5) is 5.95 Å². The van der Waals surface area contributed by atoms with Crippen molar-refractivity contribution in [1.29, 1.82) is 0 Å². The fraction of sp³-hybridized carbons (Fsp3) is 0.250. The van der Waals surface area contributed by atoms with Gasteiger partial charge in [0.15, 0.2) is 0 Å². The summed E-state index contributed by atoms with van der Waals surface area (Å²) in [4.78, 5) is 22.3. The van der Waals surface area contributed by atoms with Crippen molar-refractivity contribution in [2.45, 2.75) is 19.4 Å². The second-order valence-electron chi connectivity index (χ2n) is 6.42. The highest BCUT2D eigenvalue weighted by molar-refractivity contribution is 5.86. The summed E-state index contributed by atoms with van der Waals surface area (Å²) in [6.07, 6.45) is 2.70. The topological polar surface area (TPSA) is 58.1 Å². The van der Waals surface area contributed by atoms with Crippen LogP contribution in [0.1, 0.15) is 13.3 Å². The Kier molecular flexibility index (Phi) is 4.06. The summed E-state index contributed by atoms with van der Waals surface area (Å²) < 4.78 is 0. The Labute approximate surface area is 146 Å². The van der Waals surface area contributed by atoms with Gasteiger partial charge in [-0.15, -0.1) is 0 Å². The van der Waals surface area contributed by atoms with E-state index in [0.717, 1.165) is 24.2 Å². The number of amides is 1. The fourth-order valence-electron chi connectivity index (χ4n) is 3.28. The average molecular weight is 332 g/mol. The largest absolute Gasteiger partial charge is 0.350 e. The van der Waals surface area contributed by atoms with Crippen LogP contribution >= 0.6 is 0 Å². The molecule has 0 bridgehead atoms. The first-order chi connectivity index (χ1) is 12.2. The molecule has 1 aromatic heterocycles. The predicted octanol–water partition coefficient (Wildman–Crippen LogP) is 3.33. The number of nitrogens with one attached hydrogen (secondary N) is 1. The Balaban J connectivity index is 1.55. The molecule has 2 heterocycles. The van der Waals surface area contributed by atoms with E-state index in [1.165, 1.54) is 10.8 Å². The van der Waals surface area contributed by atoms with Crippen molar-refractivity contribution in [1.82, 2.24) is 14.9 Å². The molecule has 126 valence electrons. The number of carbonyl (C=O) groups is 1. The van der Waals surface area contributed by atoms with Gasteiger partial charge in [-0.25, -0.2) is 9.97 Å². The van der Waals surface area contributed by atoms with Crippen molar-refractivity contribution in [3.05, 3.63) is 54.7 Å². The average Bonchev–Trinajstić information content (AvgIpc) is 3.10. The Morgan fingerprint density at radius 1 is 1.16 bits per heavy atom. The monoisotopic (exact) mass is 332 g/mol. The molecular formula is C20H20N4O. The molecule has 1 N–H and O–H groups in total. The number of carbonyl (C=O) groups excluding carboxylic acids is 1. The molecule has 0 aliphatic carbocycles. The van der Waals surface area contributed by atoms with E-state index in [9.17, 15) is 4.79 Å². The van der Waals surface area contributed by atoms with Gasteiger partial charge in [-0.05, 0) is 29.3 Å². The molecule has 1 amide bonds. The summed E-state index contributed by atoms with van der Waals surface area (Å²) >= 11 is 0. The summed E-state index contributed by atoms with van der Waals surface area (Å²) in [7, 11) is 0. The second-order valence-corrected chi connectivity index (χ2v) is 6.42. The summed E-state index contributed by atoms with van der Waals surface area (Å²) in [5.41, 5.74) is 1.96. The minimum absolute atomic E-state index is 0.120. The minimum atomic E-state index is 0.120. The van der Waals surface area contributed by atoms with Crippen LogP contribution < -0.4 is 5.32 Å². The number of benzene rings is 2. The normalized spacial score (nSPS) is 17.0. The van der Waals surface area contributed by atoms with Gasteiger partial charge in [0.2, 0.25) is 11.9 Å². The van der Waals surface area contributed by atoms with E-state index in [-0.39, 0.29) is 11.9 Å². The highest BCUT2D eigenvalue weighted by atomic mass is 16.2. The van der Waals surface area contributed by atoms with Crippen molar-refractivity contribution in [3.63, 3.8) is 0 Å². The first-order valence-corrected chi connectivity index (χ1v) is 8.53. The van der Waals surface area contributed by atoms with Crippen LogP contribution in [-0.4, -0.2) is 39.9 Å². The third-order valence-corrected chi connectivity index (χ3v) is 4.67. The Hall–Kier alpha value is -2.95. The number of nitrogens with zero attached hydrogens (tertiary/aromatic N) is 3. The molecule has 25 heavy (non-hydrogen) atoms. The molecule has 0 spiro atoms. The van der Waals surface area contributed by atoms with E-state index < -0.39 is 0 Å². The van der Waals surface area contributed by atoms with Crippen molar-refractivity contribution in [2.75, 3.05) is 18.4 Å². The van der Waals surface area contributed by atoms with E-state index >= 15 is 0 Å². The molecule has 2 aromatic carbocycles. The lowest BCUT2D eigenvalue weighted by Crippen LogP contribution is -2.30. The molecule has 0 unspecified atom stereocenters. The first kappa shape index (κ1) is 15.6. The second kappa shape index (κ2) is 6.51. The Bertz CT molecular complexity index is 924. The maximum Gasteiger partial charge on any atom is 0.223 e. The van der Waals surface area contributed by atoms with Gasteiger partial charge in [0.05, 0.1) is 5.69 Å². The molecule has 4 rings (SSSR count). The molecule has 0 radical (unpaired) electrons. The number of fused-ring (bicyclic) bond motifs is 1. The third kappa shape index (κ3) is 3.31. The van der Waals surface area contributed by atoms with Crippen LogP contribution in [0, 0.1) is 0 Å². The molecule has 0 saturated carbocycles. The van der Waals surface area contributed by atoms with Crippen LogP contribution in [0.15, 0.2) is 54.7 Å². The molecule has 5 heteroatoms. The van der Waals surface area contributed by atoms with Gasteiger partial charge in [0, 0.05) is 37.8 Å². The van der Waals surface area contributed by atoms with Gasteiger partial charge in [0.1, 0.15) is 0 Å². The molecule has 1 atom stereocenters. The van der Waals surface area contributed by atoms with Gasteiger partial charge >= 0.3 is 0 Å². The standard InChI is InChI=1S/C20H20N4O/c1-14(25)24-11-9-18(13-24)22-20-21-10-8-19(23-20)17-7-6-15-4-2-3-5-16(15)12-17/h2-8,10,12,18H,9,11,13H2,1H3,(H,21,22,23)/t18-/m0/s1. The number of aromatic nitrogens is 2. The van der Waals surface area contributed by atoms with Gasteiger partial charge in [-0.3, -0.25) is 4.79 Å². The number of likely N-dealkylation sites (tertiary alicyclic amines) is 1. The fourth-order valence-corrected chi connectivity index (χ4v) is 3.28. The zero-order valence-corrected chi connectivity index (χ0v) is 14.1. The number of hydrogen-bond acceptors (Lipinski definition) is 4. The first-order valence-electron chi connectivity index (χ1n) is 8.53. The number of rotatable bonds is 3. The Morgan fingerprint density at radius 2 is 2.00 bits per heavy atom. The van der Waals surface area contributed by atoms with Crippen LogP contribution in [0.5, 0.6) is 0 Å². The summed E-state index contributed by atoms with van der Waals surface area (Å²) in [5, 5.41) is 5.77. The van der Waals surface area contributed by atoms with Crippen molar-refractivity contribution >= 4 is 22.6 Å². The maximum absolute atomic E-state index is 11.5. The lowest BCUT2D eigenvalue weighted by Gasteiger charge is -2.15. The third-order valence-electron chi connectivity index (χ3n) is 4.67. The zero-order valence-electron chi connectivity index (χ0n) is 14.1. The molecule has 1 aliphatic heterocycles. The van der Waals surface area contributed by atoms with Crippen LogP contribution in [0.3, 0.4) is 0 Å². The van der Waals surface area contributed by atoms with Crippen molar-refractivity contribution in [2.24, 2.45) is 0 Å². The lowest BCUT2D eigenvalue weighted by molar-refractivity contribution is -0.127. The van der Waals surface area contributed by atoms with E-state index in [0.29, 0.717) is 12.5 Å². The summed E-state index contributed by atoms with van der Waals surface area (Å²) in [6, 6.07) is 16.8. The van der Waals surface area contributed by atoms with E-state index in [4.69, 9.17) is 0 Å². The smallest absolute Gasteiger partial charge is 0.223 e. The van der Waals surface area contributed by atoms with Gasteiger partial charge in [-0.1, -0.05) is 36.4 Å². The van der Waals surface area contributed by atoms with Crippen LogP contribution in [0.25, 0.3) is 22.0 Å². The van der Waals surface area contributed by atoms with Crippen LogP contribution in [-0.2, 0) is 4.79 Å². The predicted molar refractivity (Wildman–Crippen MR) is 99.3 cm³/mol. The summed E-state index contributed by atoms with van der Waals surface area (Å²) in [5.74, 6) is 0.733. The highest BCUT2D eigenvalue weighted by Crippen LogP contribution is 2.24. The van der Waals surface area contributed by atoms with E-state index in [1.54, 1.807) is 13.1 Å². The van der Waals surface area contributed by atoms with E-state index in [2.05, 4.69) is 45.6 Å². The quantitative estimate of drug-likeness (QED) is 0.799. The molecule has 3 aromatic rings. The number of hydrogen-bond donors (Lipinski definition) is 1. The van der Waals surface area contributed by atoms with E-state index in [1.807, 2.05) is 23.1 Å². The van der Waals surface area contributed by atoms with Gasteiger partial charge in [-0.2, -0.15) is 0 Å². The SMILES string of the molecule is CC(=O)N1CC[C@H](Nc2nccc(-c3ccc4ccccc4c3)n2)C1. The van der Waals surface area contributed by atoms with Crippen molar-refractivity contribution < 1.29 is 4.79 Å². The molecule has 1 aliphatic rings. The number of anilines is 1. The molecule has 1 saturated heterocycles. The van der Waals surface area contributed by atoms with Gasteiger partial charge in [0.25, 0.3) is 0 Å². The Morgan fingerprint density at radius 3 is 2.80 bits per heavy atom. The minimum Gasteiger partial charge on any atom is -0.350 e. The van der Waals surface area contributed by atoms with Crippen LogP contribution in [0.2, 0.25) is 0 Å². The molecular weight excluding hydrogens is 312 g/mol. The van der Waals surface area contributed by atoms with Crippen molar-refractivity contribution in [3.8, 4) is 11.3 Å². The molecule has 1 fully saturated rings. The van der Waals surface area contributed by atoms with Gasteiger partial charge < -0.3 is 10.2 Å². The zero-order chi connectivity index (χ0) is 17.2. The maximum atomic E-state index is 11.5.